The minimum atomic E-state index is 0.241. The third-order valence-corrected chi connectivity index (χ3v) is 1.27. The molecule has 2 atom stereocenters. The van der Waals surface area contributed by atoms with Crippen molar-refractivity contribution in [1.82, 2.24) is 0 Å². The molecule has 4 N–H and O–H groups in total. The predicted molar refractivity (Wildman–Crippen MR) is 31.9 cm³/mol. The van der Waals surface area contributed by atoms with Gasteiger partial charge in [0.2, 0.25) is 0 Å². The van der Waals surface area contributed by atoms with Gasteiger partial charge in [-0.15, -0.1) is 0 Å². The lowest BCUT2D eigenvalue weighted by atomic mass is 10.1. The summed E-state index contributed by atoms with van der Waals surface area (Å²) in [6.07, 6.45) is 0. The highest BCUT2D eigenvalue weighted by molar-refractivity contribution is 4.62. The molecule has 0 unspecified atom stereocenters. The molecule has 2 nitrogen and oxygen atoms in total. The predicted octanol–water partition coefficient (Wildman–Crippen LogP) is -0.0716. The third kappa shape index (κ3) is 2.60. The maximum absolute atomic E-state index is 5.47. The number of nitrogens with two attached hydrogens (primary N) is 2. The molecule has 0 saturated carbocycles. The molecule has 0 rings (SSSR count). The fraction of sp³-hybridized carbons (Fsp3) is 1.00. The Bertz CT molecular complexity index is 43.3. The first-order valence-electron chi connectivity index (χ1n) is 2.64. The average Bonchev–Trinajstić information content (AvgIpc) is 1.65. The standard InChI is InChI=1S/C5H14N2/c1-4(3-6)5(2)7/h4-5H,3,6-7H2,1-2H3/t4-,5-/m0/s1. The second-order valence-electron chi connectivity index (χ2n) is 2.07. The van der Waals surface area contributed by atoms with E-state index < -0.39 is 0 Å². The maximum atomic E-state index is 5.47. The zero-order valence-electron chi connectivity index (χ0n) is 5.02. The summed E-state index contributed by atoms with van der Waals surface area (Å²) in [6.45, 7) is 4.71. The van der Waals surface area contributed by atoms with Gasteiger partial charge in [-0.2, -0.15) is 0 Å². The van der Waals surface area contributed by atoms with Crippen LogP contribution in [-0.4, -0.2) is 12.6 Å². The number of hydrogen-bond donors (Lipinski definition) is 2. The van der Waals surface area contributed by atoms with Crippen LogP contribution in [0.5, 0.6) is 0 Å². The summed E-state index contributed by atoms with van der Waals surface area (Å²) in [5.41, 5.74) is 10.8. The summed E-state index contributed by atoms with van der Waals surface area (Å²) < 4.78 is 0. The quantitative estimate of drug-likeness (QED) is 0.512. The molecule has 2 heteroatoms. The minimum Gasteiger partial charge on any atom is -0.330 e. The van der Waals surface area contributed by atoms with Gasteiger partial charge in [-0.1, -0.05) is 6.92 Å². The largest absolute Gasteiger partial charge is 0.330 e. The van der Waals surface area contributed by atoms with Crippen LogP contribution in [0.2, 0.25) is 0 Å². The van der Waals surface area contributed by atoms with Crippen LogP contribution in [0.1, 0.15) is 13.8 Å². The van der Waals surface area contributed by atoms with E-state index in [0.29, 0.717) is 12.5 Å². The van der Waals surface area contributed by atoms with E-state index in [9.17, 15) is 0 Å². The van der Waals surface area contributed by atoms with Crippen LogP contribution in [0.3, 0.4) is 0 Å². The smallest absolute Gasteiger partial charge is 0.00481 e. The van der Waals surface area contributed by atoms with Crippen LogP contribution in [0.25, 0.3) is 0 Å². The van der Waals surface area contributed by atoms with E-state index in [1.54, 1.807) is 0 Å². The third-order valence-electron chi connectivity index (χ3n) is 1.27. The zero-order chi connectivity index (χ0) is 5.86. The van der Waals surface area contributed by atoms with Gasteiger partial charge < -0.3 is 11.5 Å². The molecule has 0 aromatic rings. The van der Waals surface area contributed by atoms with Crippen molar-refractivity contribution < 1.29 is 0 Å². The maximum Gasteiger partial charge on any atom is 0.00481 e. The van der Waals surface area contributed by atoms with Crippen molar-refractivity contribution in [3.05, 3.63) is 0 Å². The van der Waals surface area contributed by atoms with Gasteiger partial charge in [-0.05, 0) is 19.4 Å². The summed E-state index contributed by atoms with van der Waals surface area (Å²) in [4.78, 5) is 0. The molecule has 0 bridgehead atoms. The summed E-state index contributed by atoms with van der Waals surface area (Å²) in [7, 11) is 0. The van der Waals surface area contributed by atoms with E-state index in [2.05, 4.69) is 0 Å². The Balaban J connectivity index is 3.14. The molecule has 0 aliphatic carbocycles. The molecule has 0 heterocycles. The first-order chi connectivity index (χ1) is 3.18. The van der Waals surface area contributed by atoms with Crippen molar-refractivity contribution >= 4 is 0 Å². The first kappa shape index (κ1) is 6.92. The van der Waals surface area contributed by atoms with E-state index in [0.717, 1.165) is 0 Å². The Morgan fingerprint density at radius 2 is 1.86 bits per heavy atom. The van der Waals surface area contributed by atoms with Gasteiger partial charge in [0.15, 0.2) is 0 Å². The fourth-order valence-electron chi connectivity index (χ4n) is 0.215. The molecule has 44 valence electrons. The lowest BCUT2D eigenvalue weighted by Gasteiger charge is -2.10. The Morgan fingerprint density at radius 1 is 1.43 bits per heavy atom. The van der Waals surface area contributed by atoms with Crippen molar-refractivity contribution in [2.45, 2.75) is 19.9 Å². The molecule has 0 fully saturated rings. The van der Waals surface area contributed by atoms with E-state index in [-0.39, 0.29) is 6.04 Å². The van der Waals surface area contributed by atoms with Crippen LogP contribution >= 0.6 is 0 Å². The molecule has 7 heavy (non-hydrogen) atoms. The Morgan fingerprint density at radius 3 is 1.86 bits per heavy atom. The summed E-state index contributed by atoms with van der Waals surface area (Å²) in [5, 5.41) is 0. The van der Waals surface area contributed by atoms with Crippen LogP contribution < -0.4 is 11.5 Å². The second-order valence-corrected chi connectivity index (χ2v) is 2.07. The van der Waals surface area contributed by atoms with Gasteiger partial charge in [0.25, 0.3) is 0 Å². The van der Waals surface area contributed by atoms with Crippen LogP contribution in [0.15, 0.2) is 0 Å². The minimum absolute atomic E-state index is 0.241. The van der Waals surface area contributed by atoms with Crippen molar-refractivity contribution in [1.29, 1.82) is 0 Å². The summed E-state index contributed by atoms with van der Waals surface area (Å²) in [5.74, 6) is 0.458. The normalized spacial score (nSPS) is 18.9. The van der Waals surface area contributed by atoms with Gasteiger partial charge in [0.05, 0.1) is 0 Å². The Kier molecular flexibility index (Phi) is 2.96. The van der Waals surface area contributed by atoms with Gasteiger partial charge in [-0.25, -0.2) is 0 Å². The average molecular weight is 102 g/mol. The van der Waals surface area contributed by atoms with Crippen molar-refractivity contribution in [3.63, 3.8) is 0 Å². The second kappa shape index (κ2) is 2.99. The number of rotatable bonds is 2. The molecule has 0 aliphatic heterocycles. The highest BCUT2D eigenvalue weighted by atomic mass is 14.7. The van der Waals surface area contributed by atoms with Crippen LogP contribution in [0.4, 0.5) is 0 Å². The molecule has 0 spiro atoms. The monoisotopic (exact) mass is 102 g/mol. The van der Waals surface area contributed by atoms with Crippen molar-refractivity contribution in [2.75, 3.05) is 6.54 Å². The first-order valence-corrected chi connectivity index (χ1v) is 2.64. The van der Waals surface area contributed by atoms with Gasteiger partial charge in [-0.3, -0.25) is 0 Å². The van der Waals surface area contributed by atoms with E-state index in [1.165, 1.54) is 0 Å². The summed E-state index contributed by atoms with van der Waals surface area (Å²) in [6, 6.07) is 0.241. The topological polar surface area (TPSA) is 52.0 Å². The Labute approximate surface area is 44.9 Å². The SMILES string of the molecule is C[C@H](N)[C@@H](C)CN. The molecule has 0 aromatic carbocycles. The fourth-order valence-corrected chi connectivity index (χ4v) is 0.215. The van der Waals surface area contributed by atoms with Crippen LogP contribution in [0, 0.1) is 5.92 Å². The highest BCUT2D eigenvalue weighted by Crippen LogP contribution is 1.93. The van der Waals surface area contributed by atoms with Gasteiger partial charge in [0, 0.05) is 6.04 Å². The molecule has 0 saturated heterocycles. The molecular formula is C5H14N2. The molecular weight excluding hydrogens is 88.1 g/mol. The van der Waals surface area contributed by atoms with Crippen LogP contribution in [-0.2, 0) is 0 Å². The van der Waals surface area contributed by atoms with E-state index >= 15 is 0 Å². The summed E-state index contributed by atoms with van der Waals surface area (Å²) >= 11 is 0. The van der Waals surface area contributed by atoms with Gasteiger partial charge >= 0.3 is 0 Å². The lowest BCUT2D eigenvalue weighted by molar-refractivity contribution is 0.495. The molecule has 0 amide bonds. The van der Waals surface area contributed by atoms with Crippen molar-refractivity contribution in [3.8, 4) is 0 Å². The Hall–Kier alpha value is -0.0800. The lowest BCUT2D eigenvalue weighted by Crippen LogP contribution is -2.29. The molecule has 0 aliphatic rings. The molecule has 0 aromatic heterocycles. The van der Waals surface area contributed by atoms with E-state index in [1.807, 2.05) is 13.8 Å². The van der Waals surface area contributed by atoms with Crippen molar-refractivity contribution in [2.24, 2.45) is 17.4 Å². The van der Waals surface area contributed by atoms with E-state index in [4.69, 9.17) is 11.5 Å². The zero-order valence-corrected chi connectivity index (χ0v) is 5.02. The molecule has 0 radical (unpaired) electrons. The highest BCUT2D eigenvalue weighted by Gasteiger charge is 2.01. The number of hydrogen-bond acceptors (Lipinski definition) is 2. The van der Waals surface area contributed by atoms with Gasteiger partial charge in [0.1, 0.15) is 0 Å².